The fourth-order valence-corrected chi connectivity index (χ4v) is 4.76. The molecule has 0 radical (unpaired) electrons. The maximum atomic E-state index is 5.80. The lowest BCUT2D eigenvalue weighted by atomic mass is 9.97. The van der Waals surface area contributed by atoms with Crippen molar-refractivity contribution in [1.82, 2.24) is 24.7 Å². The topological polar surface area (TPSA) is 36.3 Å². The van der Waals surface area contributed by atoms with E-state index in [1.165, 1.54) is 22.5 Å². The number of thiocarbonyl (C=S) groups is 1. The van der Waals surface area contributed by atoms with Crippen molar-refractivity contribution in [2.75, 3.05) is 27.2 Å². The van der Waals surface area contributed by atoms with E-state index >= 15 is 0 Å². The van der Waals surface area contributed by atoms with Gasteiger partial charge in [0.15, 0.2) is 5.11 Å². The molecule has 0 saturated carbocycles. The second-order valence-electron chi connectivity index (χ2n) is 8.52. The van der Waals surface area contributed by atoms with Gasteiger partial charge >= 0.3 is 0 Å². The minimum absolute atomic E-state index is 0.0292. The van der Waals surface area contributed by atoms with Crippen LogP contribution in [0.1, 0.15) is 40.3 Å². The largest absolute Gasteiger partial charge is 0.352 e. The highest BCUT2D eigenvalue weighted by Gasteiger charge is 2.41. The molecule has 6 heteroatoms. The van der Waals surface area contributed by atoms with E-state index in [1.54, 1.807) is 0 Å². The van der Waals surface area contributed by atoms with Crippen molar-refractivity contribution in [2.45, 2.75) is 32.5 Å². The first-order valence-electron chi connectivity index (χ1n) is 10.8. The molecule has 0 spiro atoms. The average Bonchev–Trinajstić information content (AvgIpc) is 3.24. The predicted octanol–water partition coefficient (Wildman–Crippen LogP) is 4.08. The van der Waals surface area contributed by atoms with E-state index < -0.39 is 0 Å². The number of nitrogens with zero attached hydrogens (tertiary/aromatic N) is 4. The number of hydrogen-bond donors (Lipinski definition) is 1. The van der Waals surface area contributed by atoms with Crippen molar-refractivity contribution in [3.63, 3.8) is 0 Å². The number of hydrogen-bond acceptors (Lipinski definition) is 3. The Morgan fingerprint density at radius 3 is 2.48 bits per heavy atom. The summed E-state index contributed by atoms with van der Waals surface area (Å²) in [6.45, 7) is 7.10. The van der Waals surface area contributed by atoms with E-state index in [4.69, 9.17) is 12.2 Å². The molecule has 4 rings (SSSR count). The lowest BCUT2D eigenvalue weighted by Crippen LogP contribution is -2.35. The van der Waals surface area contributed by atoms with Gasteiger partial charge in [-0.3, -0.25) is 4.98 Å². The third-order valence-corrected chi connectivity index (χ3v) is 6.45. The van der Waals surface area contributed by atoms with Crippen LogP contribution in [-0.4, -0.2) is 51.6 Å². The summed E-state index contributed by atoms with van der Waals surface area (Å²) in [7, 11) is 4.20. The Morgan fingerprint density at radius 1 is 1.06 bits per heavy atom. The van der Waals surface area contributed by atoms with Gasteiger partial charge in [-0.1, -0.05) is 36.4 Å². The number of aromatic nitrogens is 2. The number of nitrogens with one attached hydrogen (secondary N) is 1. The zero-order valence-corrected chi connectivity index (χ0v) is 19.6. The van der Waals surface area contributed by atoms with Crippen LogP contribution in [-0.2, 0) is 6.54 Å². The Morgan fingerprint density at radius 2 is 1.81 bits per heavy atom. The highest BCUT2D eigenvalue weighted by Crippen LogP contribution is 2.40. The van der Waals surface area contributed by atoms with E-state index in [0.29, 0.717) is 0 Å². The van der Waals surface area contributed by atoms with Crippen LogP contribution in [0.25, 0.3) is 0 Å². The molecular weight excluding hydrogens is 402 g/mol. The van der Waals surface area contributed by atoms with E-state index in [1.807, 2.05) is 18.3 Å². The molecule has 2 aromatic heterocycles. The van der Waals surface area contributed by atoms with Crippen LogP contribution in [0.15, 0.2) is 60.8 Å². The third-order valence-electron chi connectivity index (χ3n) is 6.10. The fraction of sp³-hybridized carbons (Fsp3) is 0.360. The van der Waals surface area contributed by atoms with Crippen LogP contribution in [0.3, 0.4) is 0 Å². The van der Waals surface area contributed by atoms with Crippen molar-refractivity contribution in [3.8, 4) is 0 Å². The van der Waals surface area contributed by atoms with Gasteiger partial charge in [-0.2, -0.15) is 0 Å². The molecule has 3 aromatic rings. The van der Waals surface area contributed by atoms with Gasteiger partial charge in [0.1, 0.15) is 0 Å². The Balaban J connectivity index is 1.73. The molecule has 2 atom stereocenters. The van der Waals surface area contributed by atoms with E-state index in [9.17, 15) is 0 Å². The van der Waals surface area contributed by atoms with Crippen LogP contribution >= 0.6 is 12.2 Å². The van der Waals surface area contributed by atoms with Crippen molar-refractivity contribution in [1.29, 1.82) is 0 Å². The summed E-state index contributed by atoms with van der Waals surface area (Å²) < 4.78 is 2.41. The van der Waals surface area contributed by atoms with Gasteiger partial charge in [-0.25, -0.2) is 0 Å². The van der Waals surface area contributed by atoms with Crippen molar-refractivity contribution in [3.05, 3.63) is 89.0 Å². The summed E-state index contributed by atoms with van der Waals surface area (Å²) in [6, 6.07) is 19.2. The van der Waals surface area contributed by atoms with Gasteiger partial charge in [0.05, 0.1) is 17.8 Å². The second kappa shape index (κ2) is 9.20. The molecule has 0 aliphatic carbocycles. The number of rotatable bonds is 7. The fourth-order valence-electron chi connectivity index (χ4n) is 4.43. The van der Waals surface area contributed by atoms with Gasteiger partial charge < -0.3 is 19.7 Å². The second-order valence-corrected chi connectivity index (χ2v) is 8.91. The number of pyridine rings is 1. The van der Waals surface area contributed by atoms with Crippen molar-refractivity contribution in [2.24, 2.45) is 0 Å². The molecular formula is C25H31N5S. The maximum Gasteiger partial charge on any atom is 0.170 e. The Labute approximate surface area is 190 Å². The van der Waals surface area contributed by atoms with Gasteiger partial charge in [0.25, 0.3) is 0 Å². The molecule has 1 fully saturated rings. The molecule has 5 nitrogen and oxygen atoms in total. The van der Waals surface area contributed by atoms with E-state index in [-0.39, 0.29) is 12.1 Å². The summed E-state index contributed by atoms with van der Waals surface area (Å²) in [5.41, 5.74) is 6.20. The number of likely N-dealkylation sites (N-methyl/N-ethyl adjacent to an activating group) is 1. The summed E-state index contributed by atoms with van der Waals surface area (Å²) in [5, 5.41) is 4.37. The molecule has 1 N–H and O–H groups in total. The van der Waals surface area contributed by atoms with E-state index in [0.717, 1.165) is 30.4 Å². The first kappa shape index (κ1) is 21.5. The highest BCUT2D eigenvalue weighted by molar-refractivity contribution is 7.80. The molecule has 2 unspecified atom stereocenters. The van der Waals surface area contributed by atoms with Crippen LogP contribution < -0.4 is 5.32 Å². The summed E-state index contributed by atoms with van der Waals surface area (Å²) >= 11 is 5.80. The Kier molecular flexibility index (Phi) is 6.39. The molecule has 31 heavy (non-hydrogen) atoms. The van der Waals surface area contributed by atoms with Crippen LogP contribution in [0.5, 0.6) is 0 Å². The lowest BCUT2D eigenvalue weighted by molar-refractivity contribution is 0.277. The van der Waals surface area contributed by atoms with Crippen LogP contribution in [0.2, 0.25) is 0 Å². The molecule has 1 aromatic carbocycles. The normalized spacial score (nSPS) is 18.6. The first-order valence-corrected chi connectivity index (χ1v) is 11.2. The van der Waals surface area contributed by atoms with Gasteiger partial charge in [0, 0.05) is 37.2 Å². The molecule has 1 aliphatic heterocycles. The zero-order valence-electron chi connectivity index (χ0n) is 18.7. The van der Waals surface area contributed by atoms with Crippen molar-refractivity contribution >= 4 is 17.3 Å². The van der Waals surface area contributed by atoms with Gasteiger partial charge in [0.2, 0.25) is 0 Å². The molecule has 0 bridgehead atoms. The van der Waals surface area contributed by atoms with Crippen LogP contribution in [0.4, 0.5) is 0 Å². The SMILES string of the molecule is Cc1cc(C2C(c3ccccn3)NC(=S)N2CCN(C)C)c(C)n1Cc1ccccc1. The van der Waals surface area contributed by atoms with E-state index in [2.05, 4.69) is 95.1 Å². The monoisotopic (exact) mass is 433 g/mol. The standard InChI is InChI=1S/C25H31N5S/c1-18-16-21(19(2)30(18)17-20-10-6-5-7-11-20)24-23(22-12-8-9-13-26-22)27-25(31)29(24)15-14-28(3)4/h5-13,16,23-24H,14-15,17H2,1-4H3,(H,27,31). The predicted molar refractivity (Wildman–Crippen MR) is 130 cm³/mol. The zero-order chi connectivity index (χ0) is 22.0. The Hall–Kier alpha value is -2.70. The summed E-state index contributed by atoms with van der Waals surface area (Å²) in [6.07, 6.45) is 1.86. The first-order chi connectivity index (χ1) is 15.0. The van der Waals surface area contributed by atoms with Crippen LogP contribution in [0, 0.1) is 13.8 Å². The molecule has 3 heterocycles. The summed E-state index contributed by atoms with van der Waals surface area (Å²) in [4.78, 5) is 9.20. The molecule has 0 amide bonds. The summed E-state index contributed by atoms with van der Waals surface area (Å²) in [5.74, 6) is 0. The third kappa shape index (κ3) is 4.50. The number of aryl methyl sites for hydroxylation is 1. The average molecular weight is 434 g/mol. The lowest BCUT2D eigenvalue weighted by Gasteiger charge is -2.29. The highest BCUT2D eigenvalue weighted by atomic mass is 32.1. The quantitative estimate of drug-likeness (QED) is 0.568. The molecule has 1 aliphatic rings. The minimum Gasteiger partial charge on any atom is -0.352 e. The van der Waals surface area contributed by atoms with Crippen molar-refractivity contribution < 1.29 is 0 Å². The maximum absolute atomic E-state index is 5.80. The minimum atomic E-state index is 0.0292. The smallest absolute Gasteiger partial charge is 0.170 e. The Bertz CT molecular complexity index is 1030. The van der Waals surface area contributed by atoms with Gasteiger partial charge in [-0.05, 0) is 69.5 Å². The molecule has 162 valence electrons. The number of benzene rings is 1. The van der Waals surface area contributed by atoms with Gasteiger partial charge in [-0.15, -0.1) is 0 Å². The molecule has 1 saturated heterocycles.